The molecule has 5 aromatic rings. The number of likely N-dealkylation sites (N-methyl/N-ethyl adjacent to an activating group) is 2. The van der Waals surface area contributed by atoms with Crippen molar-refractivity contribution in [3.05, 3.63) is 108 Å². The summed E-state index contributed by atoms with van der Waals surface area (Å²) in [5.74, 6) is 0.315. The minimum absolute atomic E-state index is 0.124. The second-order valence-electron chi connectivity index (χ2n) is 10.7. The topological polar surface area (TPSA) is 121 Å². The number of hydrogen-bond acceptors (Lipinski definition) is 8. The highest BCUT2D eigenvalue weighted by Crippen LogP contribution is 2.27. The molecule has 3 heterocycles. The summed E-state index contributed by atoms with van der Waals surface area (Å²) in [5, 5.41) is 0. The van der Waals surface area contributed by atoms with Gasteiger partial charge in [-0.25, -0.2) is 23.7 Å². The van der Waals surface area contributed by atoms with Crippen molar-refractivity contribution >= 4 is 28.6 Å². The molecule has 0 aliphatic carbocycles. The van der Waals surface area contributed by atoms with E-state index in [1.54, 1.807) is 73.8 Å². The highest BCUT2D eigenvalue weighted by atomic mass is 19.1. The van der Waals surface area contributed by atoms with Crippen LogP contribution in [0.15, 0.2) is 96.1 Å². The van der Waals surface area contributed by atoms with Crippen LogP contribution >= 0.6 is 0 Å². The number of anilines is 2. The predicted octanol–water partition coefficient (Wildman–Crippen LogP) is 4.32. The maximum atomic E-state index is 14.0. The molecule has 12 heteroatoms. The number of rotatable bonds is 9. The Morgan fingerprint density at radius 3 is 2.60 bits per heavy atom. The van der Waals surface area contributed by atoms with E-state index in [2.05, 4.69) is 14.9 Å². The fourth-order valence-electron chi connectivity index (χ4n) is 5.27. The van der Waals surface area contributed by atoms with Crippen LogP contribution in [-0.4, -0.2) is 69.8 Å². The minimum Gasteiger partial charge on any atom is -0.457 e. The summed E-state index contributed by atoms with van der Waals surface area (Å²) in [6, 6.07) is 20.0. The molecule has 0 spiro atoms. The van der Waals surface area contributed by atoms with Crippen LogP contribution in [0.25, 0.3) is 22.5 Å². The van der Waals surface area contributed by atoms with Crippen LogP contribution in [0.1, 0.15) is 6.42 Å². The highest BCUT2D eigenvalue weighted by Gasteiger charge is 2.22. The van der Waals surface area contributed by atoms with Gasteiger partial charge in [-0.15, -0.1) is 0 Å². The molecule has 1 unspecified atom stereocenters. The third-order valence-corrected chi connectivity index (χ3v) is 7.76. The van der Waals surface area contributed by atoms with Gasteiger partial charge < -0.3 is 20.1 Å². The van der Waals surface area contributed by atoms with E-state index in [-0.39, 0.29) is 11.7 Å². The van der Waals surface area contributed by atoms with Gasteiger partial charge in [-0.1, -0.05) is 18.2 Å². The quantitative estimate of drug-likeness (QED) is 0.245. The first-order valence-electron chi connectivity index (χ1n) is 14.4. The van der Waals surface area contributed by atoms with Gasteiger partial charge in [0.25, 0.3) is 0 Å². The molecule has 1 aliphatic rings. The number of halogens is 1. The number of carbonyl (C=O) groups excluding carboxylic acids is 1. The normalized spacial score (nSPS) is 14.9. The van der Waals surface area contributed by atoms with Crippen molar-refractivity contribution < 1.29 is 18.7 Å². The molecule has 6 rings (SSSR count). The summed E-state index contributed by atoms with van der Waals surface area (Å²) in [6.07, 6.45) is 5.67. The lowest BCUT2D eigenvalue weighted by atomic mass is 10.2. The lowest BCUT2D eigenvalue weighted by Gasteiger charge is -2.21. The number of imidazole rings is 1. The van der Waals surface area contributed by atoms with Crippen LogP contribution in [0, 0.1) is 5.82 Å². The molecule has 0 radical (unpaired) electrons. The Balaban J connectivity index is 1.29. The van der Waals surface area contributed by atoms with E-state index in [0.29, 0.717) is 58.9 Å². The molecule has 2 N–H and O–H groups in total. The number of nitrogens with zero attached hydrogens (tertiary/aromatic N) is 6. The van der Waals surface area contributed by atoms with Crippen LogP contribution in [0.2, 0.25) is 0 Å². The number of nitrogens with two attached hydrogens (primary N) is 1. The van der Waals surface area contributed by atoms with Gasteiger partial charge in [0.1, 0.15) is 29.2 Å². The van der Waals surface area contributed by atoms with Crippen molar-refractivity contribution in [3.8, 4) is 22.9 Å². The van der Waals surface area contributed by atoms with Crippen molar-refractivity contribution in [2.45, 2.75) is 12.5 Å². The largest absolute Gasteiger partial charge is 0.457 e. The number of carbonyl (C=O) groups is 1. The summed E-state index contributed by atoms with van der Waals surface area (Å²) in [5.41, 5.74) is 8.06. The van der Waals surface area contributed by atoms with E-state index in [9.17, 15) is 14.0 Å². The summed E-state index contributed by atoms with van der Waals surface area (Å²) >= 11 is 0. The predicted molar refractivity (Wildman–Crippen MR) is 170 cm³/mol. The van der Waals surface area contributed by atoms with Gasteiger partial charge >= 0.3 is 5.69 Å². The monoisotopic (exact) mass is 609 g/mol. The summed E-state index contributed by atoms with van der Waals surface area (Å²) in [6.45, 7) is 2.09. The molecular formula is C33H32FN7O4. The number of amides is 1. The van der Waals surface area contributed by atoms with E-state index in [1.807, 2.05) is 13.1 Å². The van der Waals surface area contributed by atoms with Gasteiger partial charge in [-0.2, -0.15) is 0 Å². The first-order valence-corrected chi connectivity index (χ1v) is 14.4. The maximum Gasteiger partial charge on any atom is 0.339 e. The van der Waals surface area contributed by atoms with Crippen LogP contribution in [0.5, 0.6) is 11.5 Å². The molecule has 2 aromatic heterocycles. The van der Waals surface area contributed by atoms with E-state index in [4.69, 9.17) is 15.2 Å². The van der Waals surface area contributed by atoms with E-state index < -0.39 is 11.5 Å². The van der Waals surface area contributed by atoms with Gasteiger partial charge in [-0.05, 0) is 68.1 Å². The Morgan fingerprint density at radius 1 is 1.04 bits per heavy atom. The fraction of sp³-hybridized carbons (Fsp3) is 0.212. The zero-order valence-electron chi connectivity index (χ0n) is 24.8. The van der Waals surface area contributed by atoms with Gasteiger partial charge in [-0.3, -0.25) is 14.3 Å². The molecule has 0 bridgehead atoms. The number of ether oxygens (including phenoxy) is 2. The lowest BCUT2D eigenvalue weighted by Crippen LogP contribution is -2.32. The Hall–Kier alpha value is -5.33. The molecule has 230 valence electrons. The number of hydrogen-bond donors (Lipinski definition) is 1. The summed E-state index contributed by atoms with van der Waals surface area (Å²) in [4.78, 5) is 39.2. The van der Waals surface area contributed by atoms with Crippen molar-refractivity contribution in [3.63, 3.8) is 0 Å². The molecule has 11 nitrogen and oxygen atoms in total. The number of benzene rings is 3. The average molecular weight is 610 g/mol. The number of fused-ring (bicyclic) bond motifs is 1. The van der Waals surface area contributed by atoms with Crippen LogP contribution in [0.4, 0.5) is 15.9 Å². The van der Waals surface area contributed by atoms with Gasteiger partial charge in [0.05, 0.1) is 18.0 Å². The SMILES string of the molecule is CN(C(=O)C=CCN(C)C1CCOC1)c1cccc(-n2c(=O)n(-c3ccc(Oc4cccc(F)c4)cc3)c3c(N)ncnc32)c1. The summed E-state index contributed by atoms with van der Waals surface area (Å²) < 4.78 is 27.6. The molecule has 1 saturated heterocycles. The second kappa shape index (κ2) is 12.7. The summed E-state index contributed by atoms with van der Waals surface area (Å²) in [7, 11) is 3.70. The average Bonchev–Trinajstić information content (AvgIpc) is 3.68. The van der Waals surface area contributed by atoms with Gasteiger partial charge in [0.2, 0.25) is 5.91 Å². The van der Waals surface area contributed by atoms with E-state index in [1.165, 1.54) is 32.5 Å². The molecule has 1 amide bonds. The van der Waals surface area contributed by atoms with Crippen LogP contribution in [0.3, 0.4) is 0 Å². The lowest BCUT2D eigenvalue weighted by molar-refractivity contribution is -0.113. The Morgan fingerprint density at radius 2 is 1.84 bits per heavy atom. The van der Waals surface area contributed by atoms with Crippen LogP contribution in [-0.2, 0) is 9.53 Å². The zero-order valence-corrected chi connectivity index (χ0v) is 24.8. The molecule has 1 fully saturated rings. The second-order valence-corrected chi connectivity index (χ2v) is 10.7. The van der Waals surface area contributed by atoms with E-state index in [0.717, 1.165) is 13.0 Å². The van der Waals surface area contributed by atoms with Crippen molar-refractivity contribution in [2.75, 3.05) is 44.5 Å². The van der Waals surface area contributed by atoms with Crippen molar-refractivity contribution in [1.82, 2.24) is 24.0 Å². The van der Waals surface area contributed by atoms with Gasteiger partial charge in [0.15, 0.2) is 11.5 Å². The third kappa shape index (κ3) is 6.19. The van der Waals surface area contributed by atoms with Crippen LogP contribution < -0.4 is 21.1 Å². The first-order chi connectivity index (χ1) is 21.8. The Bertz CT molecular complexity index is 1930. The fourth-order valence-corrected chi connectivity index (χ4v) is 5.27. The molecule has 45 heavy (non-hydrogen) atoms. The first kappa shape index (κ1) is 29.7. The number of aromatic nitrogens is 4. The molecule has 0 saturated carbocycles. The van der Waals surface area contributed by atoms with Crippen molar-refractivity contribution in [2.24, 2.45) is 0 Å². The highest BCUT2D eigenvalue weighted by molar-refractivity contribution is 6.01. The maximum absolute atomic E-state index is 14.0. The van der Waals surface area contributed by atoms with Gasteiger partial charge in [0, 0.05) is 44.1 Å². The number of nitrogen functional groups attached to an aromatic ring is 1. The van der Waals surface area contributed by atoms with Crippen molar-refractivity contribution in [1.29, 1.82) is 0 Å². The molecule has 1 aliphatic heterocycles. The standard InChI is InChI=1S/C33H32FN7O4/c1-38(26-15-17-44-20-26)16-5-10-29(42)39(2)24-7-4-8-25(19-24)41-32-30(31(35)36-21-37-32)40(33(41)43)23-11-13-27(14-12-23)45-28-9-3-6-22(34)18-28/h3-14,18-19,21,26H,15-17,20H2,1-2H3,(H2,35,36,37). The smallest absolute Gasteiger partial charge is 0.339 e. The Kier molecular flexibility index (Phi) is 8.41. The molecule has 1 atom stereocenters. The molecule has 3 aromatic carbocycles. The minimum atomic E-state index is -0.430. The van der Waals surface area contributed by atoms with E-state index >= 15 is 0 Å². The third-order valence-electron chi connectivity index (χ3n) is 7.76. The molecular weight excluding hydrogens is 577 g/mol. The Labute approximate surface area is 258 Å². The zero-order chi connectivity index (χ0) is 31.5.